The maximum Gasteiger partial charge on any atom is 0.392 e. The van der Waals surface area contributed by atoms with Gasteiger partial charge in [0.2, 0.25) is 5.91 Å². The van der Waals surface area contributed by atoms with Crippen LogP contribution in [-0.2, 0) is 11.8 Å². The van der Waals surface area contributed by atoms with Crippen LogP contribution < -0.4 is 10.9 Å². The molecule has 2 saturated carbocycles. The fraction of sp³-hybridized carbons (Fsp3) is 0.654. The number of rotatable bonds is 3. The maximum absolute atomic E-state index is 13.4. The van der Waals surface area contributed by atoms with E-state index in [0.29, 0.717) is 19.3 Å². The molecule has 0 bridgehead atoms. The zero-order valence-electron chi connectivity index (χ0n) is 20.3. The fourth-order valence-corrected chi connectivity index (χ4v) is 5.98. The molecule has 2 aliphatic rings. The second kappa shape index (κ2) is 9.34. The summed E-state index contributed by atoms with van der Waals surface area (Å²) in [5.74, 6) is -2.52. The normalized spacial score (nSPS) is 30.3. The number of hydrogen-bond donors (Lipinski definition) is 1. The summed E-state index contributed by atoms with van der Waals surface area (Å²) in [5, 5.41) is 3.95. The number of amides is 1. The van der Waals surface area contributed by atoms with Gasteiger partial charge in [-0.05, 0) is 75.3 Å². The molecule has 186 valence electrons. The third-order valence-corrected chi connectivity index (χ3v) is 8.20. The first-order valence-corrected chi connectivity index (χ1v) is 12.3. The van der Waals surface area contributed by atoms with Gasteiger partial charge in [-0.2, -0.15) is 13.2 Å². The highest BCUT2D eigenvalue weighted by Crippen LogP contribution is 2.44. The lowest BCUT2D eigenvalue weighted by atomic mass is 9.73. The van der Waals surface area contributed by atoms with E-state index in [1.54, 1.807) is 24.7 Å². The summed E-state index contributed by atoms with van der Waals surface area (Å²) in [7, 11) is 1.77. The molecule has 0 saturated heterocycles. The van der Waals surface area contributed by atoms with Gasteiger partial charge in [-0.15, -0.1) is 0 Å². The number of alkyl halides is 3. The van der Waals surface area contributed by atoms with E-state index in [9.17, 15) is 22.8 Å². The van der Waals surface area contributed by atoms with Crippen LogP contribution in [0.2, 0.25) is 0 Å². The monoisotopic (exact) mass is 477 g/mol. The highest BCUT2D eigenvalue weighted by atomic mass is 19.4. The minimum Gasteiger partial charge on any atom is -0.353 e. The molecule has 6 unspecified atom stereocenters. The molecule has 4 rings (SSSR count). The van der Waals surface area contributed by atoms with Crippen LogP contribution in [0.15, 0.2) is 23.1 Å². The van der Waals surface area contributed by atoms with Crippen LogP contribution in [0.3, 0.4) is 0 Å². The van der Waals surface area contributed by atoms with E-state index in [4.69, 9.17) is 0 Å². The second-order valence-electron chi connectivity index (χ2n) is 10.6. The van der Waals surface area contributed by atoms with Crippen LogP contribution in [0.4, 0.5) is 13.2 Å². The lowest BCUT2D eigenvalue weighted by Gasteiger charge is -2.38. The van der Waals surface area contributed by atoms with Crippen molar-refractivity contribution in [1.82, 2.24) is 14.9 Å². The SMILES string of the molecule is Cc1cc2c(cn1)cc(C1CC(NC(=O)C3CCC(C)C(C(F)(F)F)C3)CCC1C)c(=O)n2C. The molecule has 6 atom stereocenters. The lowest BCUT2D eigenvalue weighted by Crippen LogP contribution is -2.46. The van der Waals surface area contributed by atoms with Crippen molar-refractivity contribution in [3.63, 3.8) is 0 Å². The molecule has 0 radical (unpaired) electrons. The van der Waals surface area contributed by atoms with E-state index in [1.807, 2.05) is 19.1 Å². The van der Waals surface area contributed by atoms with E-state index >= 15 is 0 Å². The molecule has 1 amide bonds. The number of nitrogens with zero attached hydrogens (tertiary/aromatic N) is 2. The number of fused-ring (bicyclic) bond motifs is 1. The molecule has 0 spiro atoms. The molecular weight excluding hydrogens is 443 g/mol. The first kappa shape index (κ1) is 24.7. The van der Waals surface area contributed by atoms with Crippen molar-refractivity contribution in [2.45, 2.75) is 77.4 Å². The first-order chi connectivity index (χ1) is 16.0. The van der Waals surface area contributed by atoms with E-state index in [2.05, 4.69) is 17.2 Å². The Hall–Kier alpha value is -2.38. The Morgan fingerprint density at radius 3 is 2.50 bits per heavy atom. The number of aromatic nitrogens is 2. The molecule has 2 heterocycles. The van der Waals surface area contributed by atoms with Crippen molar-refractivity contribution in [2.75, 3.05) is 0 Å². The third kappa shape index (κ3) is 4.86. The molecule has 2 aromatic rings. The van der Waals surface area contributed by atoms with Gasteiger partial charge >= 0.3 is 6.18 Å². The summed E-state index contributed by atoms with van der Waals surface area (Å²) in [5.41, 5.74) is 2.35. The molecule has 1 N–H and O–H groups in total. The maximum atomic E-state index is 13.4. The van der Waals surface area contributed by atoms with Crippen LogP contribution in [0, 0.1) is 30.6 Å². The topological polar surface area (TPSA) is 64.0 Å². The average Bonchev–Trinajstić information content (AvgIpc) is 2.77. The molecule has 5 nitrogen and oxygen atoms in total. The molecule has 0 aromatic carbocycles. The average molecular weight is 478 g/mol. The van der Waals surface area contributed by atoms with Crippen LogP contribution in [0.5, 0.6) is 0 Å². The summed E-state index contributed by atoms with van der Waals surface area (Å²) < 4.78 is 41.9. The molecule has 2 aromatic heterocycles. The molecular formula is C26H34F3N3O2. The molecule has 2 fully saturated rings. The highest BCUT2D eigenvalue weighted by Gasteiger charge is 2.47. The van der Waals surface area contributed by atoms with Crippen LogP contribution >= 0.6 is 0 Å². The highest BCUT2D eigenvalue weighted by molar-refractivity contribution is 5.80. The predicted octanol–water partition coefficient (Wildman–Crippen LogP) is 5.25. The van der Waals surface area contributed by atoms with E-state index in [1.165, 1.54) is 0 Å². The van der Waals surface area contributed by atoms with Gasteiger partial charge in [0, 0.05) is 41.8 Å². The van der Waals surface area contributed by atoms with Crippen molar-refractivity contribution < 1.29 is 18.0 Å². The summed E-state index contributed by atoms with van der Waals surface area (Å²) >= 11 is 0. The molecule has 2 aliphatic carbocycles. The van der Waals surface area contributed by atoms with Gasteiger partial charge in [0.1, 0.15) is 0 Å². The second-order valence-corrected chi connectivity index (χ2v) is 10.6. The van der Waals surface area contributed by atoms with Crippen molar-refractivity contribution in [1.29, 1.82) is 0 Å². The number of hydrogen-bond acceptors (Lipinski definition) is 3. The Kier molecular flexibility index (Phi) is 6.80. The number of aryl methyl sites for hydroxylation is 2. The number of pyridine rings is 2. The van der Waals surface area contributed by atoms with Crippen molar-refractivity contribution in [3.05, 3.63) is 39.9 Å². The van der Waals surface area contributed by atoms with Gasteiger partial charge in [0.05, 0.1) is 11.4 Å². The first-order valence-electron chi connectivity index (χ1n) is 12.3. The summed E-state index contributed by atoms with van der Waals surface area (Å²) in [6.45, 7) is 5.63. The van der Waals surface area contributed by atoms with E-state index < -0.39 is 23.9 Å². The zero-order chi connectivity index (χ0) is 24.8. The Bertz CT molecular complexity index is 1130. The van der Waals surface area contributed by atoms with E-state index in [0.717, 1.165) is 35.0 Å². The molecule has 8 heteroatoms. The largest absolute Gasteiger partial charge is 0.392 e. The summed E-state index contributed by atoms with van der Waals surface area (Å²) in [4.78, 5) is 30.5. The summed E-state index contributed by atoms with van der Waals surface area (Å²) in [6.07, 6.45) is 0.491. The zero-order valence-corrected chi connectivity index (χ0v) is 20.3. The van der Waals surface area contributed by atoms with Gasteiger partial charge < -0.3 is 9.88 Å². The van der Waals surface area contributed by atoms with Gasteiger partial charge in [-0.1, -0.05) is 13.8 Å². The van der Waals surface area contributed by atoms with Crippen molar-refractivity contribution in [3.8, 4) is 0 Å². The van der Waals surface area contributed by atoms with Crippen molar-refractivity contribution >= 4 is 16.8 Å². The van der Waals surface area contributed by atoms with Crippen molar-refractivity contribution in [2.24, 2.45) is 30.7 Å². The Labute approximate surface area is 198 Å². The van der Waals surface area contributed by atoms with Gasteiger partial charge in [0.25, 0.3) is 5.56 Å². The molecule has 34 heavy (non-hydrogen) atoms. The Morgan fingerprint density at radius 2 is 1.79 bits per heavy atom. The third-order valence-electron chi connectivity index (χ3n) is 8.20. The fourth-order valence-electron chi connectivity index (χ4n) is 5.98. The standard InChI is InChI=1S/C26H34F3N3O2/c1-14-6-8-19(31-24(33)17-7-5-15(2)22(11-17)26(27,28)29)12-20(14)21-10-18-13-30-16(3)9-23(18)32(4)25(21)34/h9-10,13-15,17,19-20,22H,5-8,11-12H2,1-4H3,(H,31,33). The Balaban J connectivity index is 1.51. The minimum atomic E-state index is -4.27. The van der Waals surface area contributed by atoms with Gasteiger partial charge in [0.15, 0.2) is 0 Å². The van der Waals surface area contributed by atoms with Crippen LogP contribution in [0.1, 0.15) is 69.5 Å². The lowest BCUT2D eigenvalue weighted by molar-refractivity contribution is -0.198. The quantitative estimate of drug-likeness (QED) is 0.657. The number of carbonyl (C=O) groups excluding carboxylic acids is 1. The minimum absolute atomic E-state index is 0.0299. The number of halogens is 3. The van der Waals surface area contributed by atoms with Gasteiger partial charge in [-0.25, -0.2) is 0 Å². The van der Waals surface area contributed by atoms with E-state index in [-0.39, 0.29) is 35.8 Å². The van der Waals surface area contributed by atoms with Crippen LogP contribution in [-0.4, -0.2) is 27.7 Å². The Morgan fingerprint density at radius 1 is 1.09 bits per heavy atom. The number of nitrogens with one attached hydrogen (secondary N) is 1. The summed E-state index contributed by atoms with van der Waals surface area (Å²) in [6, 6.07) is 3.67. The molecule has 0 aliphatic heterocycles. The van der Waals surface area contributed by atoms with Crippen LogP contribution in [0.25, 0.3) is 10.9 Å². The predicted molar refractivity (Wildman–Crippen MR) is 125 cm³/mol. The smallest absolute Gasteiger partial charge is 0.353 e. The van der Waals surface area contributed by atoms with Gasteiger partial charge in [-0.3, -0.25) is 14.6 Å². The number of carbonyl (C=O) groups is 1.